The number of rotatable bonds is 11. The lowest BCUT2D eigenvalue weighted by atomic mass is 9.61. The van der Waals surface area contributed by atoms with Crippen molar-refractivity contribution < 1.29 is 14.0 Å². The summed E-state index contributed by atoms with van der Waals surface area (Å²) in [7, 11) is 1.46. The van der Waals surface area contributed by atoms with E-state index in [-0.39, 0.29) is 24.1 Å². The first-order chi connectivity index (χ1) is 15.0. The monoisotopic (exact) mass is 440 g/mol. The van der Waals surface area contributed by atoms with Gasteiger partial charge < -0.3 is 14.0 Å². The van der Waals surface area contributed by atoms with E-state index < -0.39 is 0 Å². The fourth-order valence-corrected chi connectivity index (χ4v) is 4.29. The summed E-state index contributed by atoms with van der Waals surface area (Å²) in [5, 5.41) is 0. The summed E-state index contributed by atoms with van der Waals surface area (Å²) < 4.78 is 18.6. The summed E-state index contributed by atoms with van der Waals surface area (Å²) in [6, 6.07) is 8.56. The number of hydrogen-bond donors (Lipinski definition) is 0. The third-order valence-electron chi connectivity index (χ3n) is 7.03. The lowest BCUT2D eigenvalue weighted by molar-refractivity contribution is 0.00578. The van der Waals surface area contributed by atoms with E-state index >= 15 is 0 Å². The van der Waals surface area contributed by atoms with Crippen LogP contribution in [0, 0.1) is 0 Å². The van der Waals surface area contributed by atoms with Crippen molar-refractivity contribution in [1.29, 1.82) is 0 Å². The molecule has 0 N–H and O–H groups in total. The molecule has 1 aliphatic heterocycles. The van der Waals surface area contributed by atoms with Crippen LogP contribution in [0.3, 0.4) is 0 Å². The highest BCUT2D eigenvalue weighted by atomic mass is 16.7. The van der Waals surface area contributed by atoms with Crippen molar-refractivity contribution in [2.45, 2.75) is 110 Å². The van der Waals surface area contributed by atoms with Gasteiger partial charge in [0.1, 0.15) is 5.75 Å². The Kier molecular flexibility index (Phi) is 9.66. The van der Waals surface area contributed by atoms with Crippen LogP contribution in [0.4, 0.5) is 0 Å². The van der Waals surface area contributed by atoms with Crippen LogP contribution in [0.1, 0.15) is 99.0 Å². The molecule has 1 heterocycles. The van der Waals surface area contributed by atoms with E-state index in [1.807, 2.05) is 0 Å². The van der Waals surface area contributed by atoms with Crippen molar-refractivity contribution >= 4 is 7.12 Å². The molecule has 0 saturated carbocycles. The molecule has 1 aromatic rings. The van der Waals surface area contributed by atoms with Crippen LogP contribution in [0.5, 0.6) is 5.75 Å². The lowest BCUT2D eigenvalue weighted by Gasteiger charge is -2.32. The quantitative estimate of drug-likeness (QED) is 0.257. The Hall–Kier alpha value is -1.52. The minimum absolute atomic E-state index is 0.155. The SMILES string of the molecule is CCCCC(c1ccc(OC)cc1)C(/C=C(\C)CCC=C(C)C)B1OC(C)(C)C(C)(C)O1. The third kappa shape index (κ3) is 6.99. The molecule has 1 aromatic carbocycles. The molecule has 1 fully saturated rings. The Morgan fingerprint density at radius 3 is 2.12 bits per heavy atom. The second-order valence-corrected chi connectivity index (χ2v) is 10.6. The highest BCUT2D eigenvalue weighted by Gasteiger charge is 2.54. The molecule has 0 radical (unpaired) electrons. The molecule has 1 aliphatic rings. The highest BCUT2D eigenvalue weighted by molar-refractivity contribution is 6.48. The van der Waals surface area contributed by atoms with E-state index in [0.717, 1.165) is 25.0 Å². The first kappa shape index (κ1) is 26.7. The van der Waals surface area contributed by atoms with Crippen molar-refractivity contribution in [3.05, 3.63) is 53.1 Å². The Bertz CT molecular complexity index is 756. The molecule has 1 saturated heterocycles. The molecular formula is C28H45BO3. The summed E-state index contributed by atoms with van der Waals surface area (Å²) >= 11 is 0. The third-order valence-corrected chi connectivity index (χ3v) is 7.03. The molecule has 4 heteroatoms. The second-order valence-electron chi connectivity index (χ2n) is 10.6. The van der Waals surface area contributed by atoms with E-state index in [1.165, 1.54) is 29.6 Å². The van der Waals surface area contributed by atoms with E-state index in [9.17, 15) is 0 Å². The Balaban J connectivity index is 2.43. The summed E-state index contributed by atoms with van der Waals surface area (Å²) in [4.78, 5) is 0. The Morgan fingerprint density at radius 1 is 1.03 bits per heavy atom. The number of unbranched alkanes of at least 4 members (excludes halogenated alkanes) is 1. The maximum absolute atomic E-state index is 6.59. The van der Waals surface area contributed by atoms with Crippen molar-refractivity contribution in [3.8, 4) is 5.75 Å². The van der Waals surface area contributed by atoms with Gasteiger partial charge in [0, 0.05) is 5.82 Å². The maximum atomic E-state index is 6.59. The number of hydrogen-bond acceptors (Lipinski definition) is 3. The average molecular weight is 440 g/mol. The Morgan fingerprint density at radius 2 is 1.62 bits per heavy atom. The molecule has 32 heavy (non-hydrogen) atoms. The van der Waals surface area contributed by atoms with Gasteiger partial charge in [-0.2, -0.15) is 0 Å². The molecule has 0 aliphatic carbocycles. The number of methoxy groups -OCH3 is 1. The number of benzene rings is 1. The zero-order valence-electron chi connectivity index (χ0n) is 22.0. The minimum atomic E-state index is -0.338. The normalized spacial score (nSPS) is 19.5. The fraction of sp³-hybridized carbons (Fsp3) is 0.643. The van der Waals surface area contributed by atoms with E-state index in [0.29, 0.717) is 5.92 Å². The highest BCUT2D eigenvalue weighted by Crippen LogP contribution is 2.46. The maximum Gasteiger partial charge on any atom is 0.465 e. The second kappa shape index (κ2) is 11.6. The molecule has 178 valence electrons. The zero-order chi connectivity index (χ0) is 23.9. The zero-order valence-corrected chi connectivity index (χ0v) is 22.0. The number of allylic oxidation sites excluding steroid dienone is 4. The van der Waals surface area contributed by atoms with Gasteiger partial charge in [-0.15, -0.1) is 0 Å². The first-order valence-electron chi connectivity index (χ1n) is 12.3. The van der Waals surface area contributed by atoms with Gasteiger partial charge in [-0.3, -0.25) is 0 Å². The van der Waals surface area contributed by atoms with Crippen LogP contribution in [-0.2, 0) is 9.31 Å². The van der Waals surface area contributed by atoms with E-state index in [2.05, 4.69) is 91.8 Å². The molecule has 3 nitrogen and oxygen atoms in total. The summed E-state index contributed by atoms with van der Waals surface area (Å²) in [5.74, 6) is 1.38. The summed E-state index contributed by atoms with van der Waals surface area (Å²) in [6.07, 6.45) is 10.3. The standard InChI is InChI=1S/C28H45BO3/c1-10-11-15-25(23-16-18-24(30-9)19-17-23)26(20-22(4)14-12-13-21(2)3)29-31-27(5,6)28(7,8)32-29/h13,16-20,25-26H,10-12,14-15H2,1-9H3/b22-20+. The summed E-state index contributed by atoms with van der Waals surface area (Å²) in [5.41, 5.74) is 3.42. The van der Waals surface area contributed by atoms with Crippen LogP contribution >= 0.6 is 0 Å². The van der Waals surface area contributed by atoms with Gasteiger partial charge in [-0.1, -0.05) is 55.2 Å². The van der Waals surface area contributed by atoms with Gasteiger partial charge in [-0.05, 0) is 91.3 Å². The van der Waals surface area contributed by atoms with Crippen molar-refractivity contribution in [2.75, 3.05) is 7.11 Å². The molecular weight excluding hydrogens is 395 g/mol. The first-order valence-corrected chi connectivity index (χ1v) is 12.3. The van der Waals surface area contributed by atoms with Gasteiger partial charge in [0.2, 0.25) is 0 Å². The number of ether oxygens (including phenoxy) is 1. The largest absolute Gasteiger partial charge is 0.497 e. The lowest BCUT2D eigenvalue weighted by Crippen LogP contribution is -2.41. The van der Waals surface area contributed by atoms with E-state index in [1.54, 1.807) is 7.11 Å². The smallest absolute Gasteiger partial charge is 0.465 e. The van der Waals surface area contributed by atoms with Gasteiger partial charge in [-0.25, -0.2) is 0 Å². The average Bonchev–Trinajstić information content (AvgIpc) is 2.94. The molecule has 2 unspecified atom stereocenters. The van der Waals surface area contributed by atoms with Crippen molar-refractivity contribution in [1.82, 2.24) is 0 Å². The van der Waals surface area contributed by atoms with Gasteiger partial charge in [0.05, 0.1) is 18.3 Å². The van der Waals surface area contributed by atoms with Gasteiger partial charge in [0.25, 0.3) is 0 Å². The van der Waals surface area contributed by atoms with Crippen LogP contribution in [0.2, 0.25) is 5.82 Å². The molecule has 2 atom stereocenters. The van der Waals surface area contributed by atoms with Crippen LogP contribution in [-0.4, -0.2) is 25.4 Å². The van der Waals surface area contributed by atoms with E-state index in [4.69, 9.17) is 14.0 Å². The predicted molar refractivity (Wildman–Crippen MR) is 138 cm³/mol. The molecule has 0 spiro atoms. The van der Waals surface area contributed by atoms with Gasteiger partial charge >= 0.3 is 7.12 Å². The van der Waals surface area contributed by atoms with Crippen LogP contribution in [0.15, 0.2) is 47.6 Å². The molecule has 2 rings (SSSR count). The molecule has 0 bridgehead atoms. The van der Waals surface area contributed by atoms with Crippen LogP contribution < -0.4 is 4.74 Å². The Labute approximate surface area is 197 Å². The van der Waals surface area contributed by atoms with Crippen molar-refractivity contribution in [2.24, 2.45) is 0 Å². The predicted octanol–water partition coefficient (Wildman–Crippen LogP) is 8.12. The topological polar surface area (TPSA) is 27.7 Å². The molecule has 0 aromatic heterocycles. The van der Waals surface area contributed by atoms with Crippen molar-refractivity contribution in [3.63, 3.8) is 0 Å². The van der Waals surface area contributed by atoms with Crippen LogP contribution in [0.25, 0.3) is 0 Å². The van der Waals surface area contributed by atoms with Gasteiger partial charge in [0.15, 0.2) is 0 Å². The summed E-state index contributed by atoms with van der Waals surface area (Å²) in [6.45, 7) is 17.4. The molecule has 0 amide bonds. The minimum Gasteiger partial charge on any atom is -0.497 e. The fourth-order valence-electron chi connectivity index (χ4n) is 4.29.